The largest absolute Gasteiger partial charge is 0.479 e. The molecule has 0 bridgehead atoms. The molecule has 2 N–H and O–H groups in total. The lowest BCUT2D eigenvalue weighted by molar-refractivity contribution is -0.385. The number of aliphatic carboxylic acids is 1. The molecule has 7 nitrogen and oxygen atoms in total. The minimum Gasteiger partial charge on any atom is -0.479 e. The third kappa shape index (κ3) is 3.49. The molecule has 1 unspecified atom stereocenters. The molecule has 0 amide bonds. The molecular weight excluding hydrogens is 278 g/mol. The van der Waals surface area contributed by atoms with Gasteiger partial charge in [0.15, 0.2) is 11.9 Å². The number of carboxylic acid groups (broad SMARTS) is 1. The second-order valence-electron chi connectivity index (χ2n) is 3.69. The number of carbonyl (C=O) groups excluding carboxylic acids is 1. The highest BCUT2D eigenvalue weighted by Gasteiger charge is 2.26. The summed E-state index contributed by atoms with van der Waals surface area (Å²) in [5.74, 6) is -2.41. The lowest BCUT2D eigenvalue weighted by Gasteiger charge is -2.11. The van der Waals surface area contributed by atoms with E-state index in [1.54, 1.807) is 0 Å². The molecule has 0 heterocycles. The number of alkyl halides is 1. The molecule has 0 aliphatic carbocycles. The maximum atomic E-state index is 11.3. The minimum absolute atomic E-state index is 0.131. The van der Waals surface area contributed by atoms with Gasteiger partial charge in [0.2, 0.25) is 0 Å². The van der Waals surface area contributed by atoms with Gasteiger partial charge in [0, 0.05) is 23.6 Å². The average Bonchev–Trinajstić information content (AvgIpc) is 2.37. The topological polar surface area (TPSA) is 118 Å². The fourth-order valence-corrected chi connectivity index (χ4v) is 1.68. The van der Waals surface area contributed by atoms with Crippen molar-refractivity contribution in [2.75, 3.05) is 5.88 Å². The van der Waals surface area contributed by atoms with Gasteiger partial charge < -0.3 is 10.2 Å². The SMILES string of the molecule is O=C(CCl)Cc1c(C(O)C(=O)O)cccc1[N+](=O)[O-]. The van der Waals surface area contributed by atoms with E-state index in [1.807, 2.05) is 0 Å². The summed E-state index contributed by atoms with van der Waals surface area (Å²) in [5.41, 5.74) is -0.732. The van der Waals surface area contributed by atoms with E-state index in [-0.39, 0.29) is 17.0 Å². The maximum Gasteiger partial charge on any atom is 0.337 e. The van der Waals surface area contributed by atoms with Gasteiger partial charge in [-0.15, -0.1) is 11.6 Å². The highest BCUT2D eigenvalue weighted by atomic mass is 35.5. The quantitative estimate of drug-likeness (QED) is 0.459. The second kappa shape index (κ2) is 6.26. The summed E-state index contributed by atoms with van der Waals surface area (Å²) >= 11 is 5.33. The first-order chi connectivity index (χ1) is 8.88. The Hall–Kier alpha value is -1.99. The van der Waals surface area contributed by atoms with Gasteiger partial charge in [-0.2, -0.15) is 0 Å². The van der Waals surface area contributed by atoms with Gasteiger partial charge in [0.05, 0.1) is 10.8 Å². The first-order valence-corrected chi connectivity index (χ1v) is 5.66. The predicted octanol–water partition coefficient (Wildman–Crippen LogP) is 1.06. The van der Waals surface area contributed by atoms with E-state index in [2.05, 4.69) is 0 Å². The van der Waals surface area contributed by atoms with Crippen LogP contribution in [0.5, 0.6) is 0 Å². The van der Waals surface area contributed by atoms with Crippen molar-refractivity contribution in [1.29, 1.82) is 0 Å². The lowest BCUT2D eigenvalue weighted by atomic mass is 9.96. The molecule has 102 valence electrons. The fraction of sp³-hybridized carbons (Fsp3) is 0.273. The van der Waals surface area contributed by atoms with Gasteiger partial charge in [-0.05, 0) is 0 Å². The van der Waals surface area contributed by atoms with Crippen molar-refractivity contribution in [1.82, 2.24) is 0 Å². The van der Waals surface area contributed by atoms with Crippen LogP contribution in [-0.4, -0.2) is 32.8 Å². The number of carbonyl (C=O) groups is 2. The molecule has 0 aromatic heterocycles. The zero-order valence-electron chi connectivity index (χ0n) is 9.58. The van der Waals surface area contributed by atoms with Crippen LogP contribution < -0.4 is 0 Å². The Kier molecular flexibility index (Phi) is 4.96. The number of ketones is 1. The molecule has 1 aromatic carbocycles. The van der Waals surface area contributed by atoms with Crippen molar-refractivity contribution in [3.05, 3.63) is 39.4 Å². The lowest BCUT2D eigenvalue weighted by Crippen LogP contribution is -2.16. The summed E-state index contributed by atoms with van der Waals surface area (Å²) in [7, 11) is 0. The normalized spacial score (nSPS) is 11.9. The van der Waals surface area contributed by atoms with E-state index < -0.39 is 34.9 Å². The highest BCUT2D eigenvalue weighted by molar-refractivity contribution is 6.27. The molecular formula is C11H10ClNO6. The predicted molar refractivity (Wildman–Crippen MR) is 65.1 cm³/mol. The Morgan fingerprint density at radius 1 is 1.42 bits per heavy atom. The summed E-state index contributed by atoms with van der Waals surface area (Å²) in [6.07, 6.45) is -2.33. The standard InChI is InChI=1S/C11H10ClNO6/c12-5-6(14)4-8-7(10(15)11(16)17)2-1-3-9(8)13(18)19/h1-3,10,15H,4-5H2,(H,16,17). The van der Waals surface area contributed by atoms with Gasteiger partial charge in [0.25, 0.3) is 5.69 Å². The van der Waals surface area contributed by atoms with Gasteiger partial charge >= 0.3 is 5.97 Å². The monoisotopic (exact) mass is 287 g/mol. The molecule has 0 saturated carbocycles. The molecule has 0 radical (unpaired) electrons. The van der Waals surface area contributed by atoms with E-state index in [9.17, 15) is 24.8 Å². The molecule has 0 fully saturated rings. The number of rotatable bonds is 6. The van der Waals surface area contributed by atoms with Crippen LogP contribution in [0.4, 0.5) is 5.69 Å². The van der Waals surface area contributed by atoms with Crippen molar-refractivity contribution in [2.24, 2.45) is 0 Å². The van der Waals surface area contributed by atoms with Crippen LogP contribution in [0.1, 0.15) is 17.2 Å². The molecule has 1 atom stereocenters. The van der Waals surface area contributed by atoms with Gasteiger partial charge in [-0.3, -0.25) is 14.9 Å². The van der Waals surface area contributed by atoms with Crippen molar-refractivity contribution in [3.63, 3.8) is 0 Å². The number of hydrogen-bond acceptors (Lipinski definition) is 5. The number of nitrogens with zero attached hydrogens (tertiary/aromatic N) is 1. The Morgan fingerprint density at radius 3 is 2.53 bits per heavy atom. The molecule has 1 rings (SSSR count). The summed E-state index contributed by atoms with van der Waals surface area (Å²) in [4.78, 5) is 32.2. The molecule has 19 heavy (non-hydrogen) atoms. The molecule has 8 heteroatoms. The van der Waals surface area contributed by atoms with Crippen LogP contribution in [-0.2, 0) is 16.0 Å². The van der Waals surface area contributed by atoms with Crippen LogP contribution >= 0.6 is 11.6 Å². The average molecular weight is 288 g/mol. The van der Waals surface area contributed by atoms with E-state index in [0.717, 1.165) is 6.07 Å². The van der Waals surface area contributed by atoms with Crippen LogP contribution in [0.3, 0.4) is 0 Å². The summed E-state index contributed by atoms with van der Waals surface area (Å²) < 4.78 is 0. The zero-order valence-corrected chi connectivity index (χ0v) is 10.3. The number of aliphatic hydroxyl groups is 1. The van der Waals surface area contributed by atoms with Gasteiger partial charge in [-0.1, -0.05) is 12.1 Å². The van der Waals surface area contributed by atoms with Crippen molar-refractivity contribution in [3.8, 4) is 0 Å². The molecule has 0 aliphatic heterocycles. The number of hydrogen-bond donors (Lipinski definition) is 2. The van der Waals surface area contributed by atoms with Crippen molar-refractivity contribution >= 4 is 29.0 Å². The first-order valence-electron chi connectivity index (χ1n) is 5.13. The van der Waals surface area contributed by atoms with Gasteiger partial charge in [0.1, 0.15) is 0 Å². The number of Topliss-reactive ketones (excluding diaryl/α,β-unsaturated/α-hetero) is 1. The number of benzene rings is 1. The van der Waals surface area contributed by atoms with Crippen LogP contribution in [0, 0.1) is 10.1 Å². The van der Waals surface area contributed by atoms with Gasteiger partial charge in [-0.25, -0.2) is 4.79 Å². The van der Waals surface area contributed by atoms with Crippen LogP contribution in [0.15, 0.2) is 18.2 Å². The fourth-order valence-electron chi connectivity index (χ4n) is 1.59. The third-order valence-corrected chi connectivity index (χ3v) is 2.73. The number of nitro benzene ring substituents is 1. The van der Waals surface area contributed by atoms with Crippen LogP contribution in [0.25, 0.3) is 0 Å². The highest BCUT2D eigenvalue weighted by Crippen LogP contribution is 2.28. The summed E-state index contributed by atoms with van der Waals surface area (Å²) in [6.45, 7) is 0. The van der Waals surface area contributed by atoms with Crippen molar-refractivity contribution in [2.45, 2.75) is 12.5 Å². The van der Waals surface area contributed by atoms with E-state index in [4.69, 9.17) is 16.7 Å². The molecule has 0 saturated heterocycles. The van der Waals surface area contributed by atoms with Crippen LogP contribution in [0.2, 0.25) is 0 Å². The molecule has 0 spiro atoms. The number of nitro groups is 1. The maximum absolute atomic E-state index is 11.3. The van der Waals surface area contributed by atoms with E-state index in [1.165, 1.54) is 12.1 Å². The summed E-state index contributed by atoms with van der Waals surface area (Å²) in [6, 6.07) is 3.60. The number of halogens is 1. The number of carboxylic acids is 1. The first kappa shape index (κ1) is 15.1. The zero-order chi connectivity index (χ0) is 14.6. The third-order valence-electron chi connectivity index (χ3n) is 2.44. The Labute approximate surface area is 112 Å². The Balaban J connectivity index is 3.37. The van der Waals surface area contributed by atoms with E-state index >= 15 is 0 Å². The van der Waals surface area contributed by atoms with Crippen molar-refractivity contribution < 1.29 is 24.7 Å². The van der Waals surface area contributed by atoms with E-state index in [0.29, 0.717) is 0 Å². The Morgan fingerprint density at radius 2 is 2.05 bits per heavy atom. The molecule has 0 aliphatic rings. The smallest absolute Gasteiger partial charge is 0.337 e. The second-order valence-corrected chi connectivity index (χ2v) is 3.96. The molecule has 1 aromatic rings. The number of aliphatic hydroxyl groups excluding tert-OH is 1. The summed E-state index contributed by atoms with van der Waals surface area (Å²) in [5, 5.41) is 29.1. The minimum atomic E-state index is -1.93. The Bertz CT molecular complexity index is 530.